The summed E-state index contributed by atoms with van der Waals surface area (Å²) in [7, 11) is 1.94. The molecule has 1 saturated heterocycles. The highest BCUT2D eigenvalue weighted by atomic mass is 16.5. The van der Waals surface area contributed by atoms with Gasteiger partial charge in [-0.05, 0) is 13.3 Å². The van der Waals surface area contributed by atoms with Crippen LogP contribution in [0.25, 0.3) is 0 Å². The second-order valence-corrected chi connectivity index (χ2v) is 5.62. The Bertz CT molecular complexity index is 576. The van der Waals surface area contributed by atoms with E-state index in [0.29, 0.717) is 5.92 Å². The third-order valence-electron chi connectivity index (χ3n) is 4.01. The average Bonchev–Trinajstić information content (AvgIpc) is 3.19. The minimum Gasteiger partial charge on any atom is -0.373 e. The second-order valence-electron chi connectivity index (χ2n) is 5.62. The highest BCUT2D eigenvalue weighted by molar-refractivity contribution is 5.11. The van der Waals surface area contributed by atoms with Gasteiger partial charge < -0.3 is 10.1 Å². The number of aromatic nitrogens is 4. The molecule has 0 saturated carbocycles. The first kappa shape index (κ1) is 14.3. The summed E-state index contributed by atoms with van der Waals surface area (Å²) in [5.41, 5.74) is 2.41. The number of hydrogen-bond acceptors (Lipinski definition) is 4. The predicted molar refractivity (Wildman–Crippen MR) is 79.6 cm³/mol. The summed E-state index contributed by atoms with van der Waals surface area (Å²) in [4.78, 5) is 0. The molecule has 6 heteroatoms. The van der Waals surface area contributed by atoms with E-state index in [-0.39, 0.29) is 6.10 Å². The molecule has 0 unspecified atom stereocenters. The largest absolute Gasteiger partial charge is 0.373 e. The Hall–Kier alpha value is -1.66. The molecule has 2 aromatic heterocycles. The van der Waals surface area contributed by atoms with Gasteiger partial charge in [0, 0.05) is 62.7 Å². The van der Waals surface area contributed by atoms with Gasteiger partial charge in [0.2, 0.25) is 0 Å². The quantitative estimate of drug-likeness (QED) is 0.875. The average molecular weight is 289 g/mol. The molecule has 1 aliphatic rings. The van der Waals surface area contributed by atoms with Crippen molar-refractivity contribution in [3.63, 3.8) is 0 Å². The van der Waals surface area contributed by atoms with Crippen LogP contribution in [0, 0.1) is 5.92 Å². The third kappa shape index (κ3) is 3.33. The summed E-state index contributed by atoms with van der Waals surface area (Å²) in [5.74, 6) is 0.510. The third-order valence-corrected chi connectivity index (χ3v) is 4.01. The molecule has 3 rings (SSSR count). The van der Waals surface area contributed by atoms with E-state index < -0.39 is 0 Å². The number of rotatable bonds is 6. The zero-order valence-electron chi connectivity index (χ0n) is 12.7. The van der Waals surface area contributed by atoms with Crippen molar-refractivity contribution in [1.82, 2.24) is 24.9 Å². The Morgan fingerprint density at radius 1 is 1.33 bits per heavy atom. The van der Waals surface area contributed by atoms with Gasteiger partial charge in [-0.25, -0.2) is 0 Å². The van der Waals surface area contributed by atoms with Crippen molar-refractivity contribution in [3.8, 4) is 0 Å². The van der Waals surface area contributed by atoms with Crippen LogP contribution in [0.4, 0.5) is 0 Å². The van der Waals surface area contributed by atoms with Gasteiger partial charge in [-0.1, -0.05) is 0 Å². The van der Waals surface area contributed by atoms with E-state index in [1.54, 1.807) is 0 Å². The summed E-state index contributed by atoms with van der Waals surface area (Å²) in [6.07, 6.45) is 9.26. The van der Waals surface area contributed by atoms with Crippen LogP contribution in [-0.2, 0) is 24.9 Å². The molecule has 6 nitrogen and oxygen atoms in total. The van der Waals surface area contributed by atoms with E-state index in [0.717, 1.165) is 32.7 Å². The highest BCUT2D eigenvalue weighted by Gasteiger charge is 2.30. The minimum absolute atomic E-state index is 0.173. The van der Waals surface area contributed by atoms with E-state index in [1.165, 1.54) is 11.1 Å². The maximum Gasteiger partial charge on any atom is 0.0896 e. The van der Waals surface area contributed by atoms with Crippen molar-refractivity contribution >= 4 is 0 Å². The molecule has 0 radical (unpaired) electrons. The first-order chi connectivity index (χ1) is 10.3. The Morgan fingerprint density at radius 3 is 2.95 bits per heavy atom. The van der Waals surface area contributed by atoms with Gasteiger partial charge in [0.1, 0.15) is 0 Å². The summed E-state index contributed by atoms with van der Waals surface area (Å²) in [5, 5.41) is 12.0. The lowest BCUT2D eigenvalue weighted by molar-refractivity contribution is 0.0904. The van der Waals surface area contributed by atoms with Gasteiger partial charge in [0.05, 0.1) is 18.5 Å². The SMILES string of the molecule is CCn1cc([C@@H]2OCC[C@@H]2CNCc2cnn(C)c2)cn1. The molecule has 0 spiro atoms. The maximum absolute atomic E-state index is 5.91. The molecular formula is C15H23N5O. The Balaban J connectivity index is 1.54. The highest BCUT2D eigenvalue weighted by Crippen LogP contribution is 2.33. The Kier molecular flexibility index (Phi) is 4.36. The number of ether oxygens (including phenoxy) is 1. The van der Waals surface area contributed by atoms with Gasteiger partial charge in [-0.15, -0.1) is 0 Å². The van der Waals surface area contributed by atoms with E-state index in [4.69, 9.17) is 4.74 Å². The summed E-state index contributed by atoms with van der Waals surface area (Å²) >= 11 is 0. The number of nitrogens with one attached hydrogen (secondary N) is 1. The summed E-state index contributed by atoms with van der Waals surface area (Å²) in [6, 6.07) is 0. The molecule has 0 aromatic carbocycles. The van der Waals surface area contributed by atoms with Crippen molar-refractivity contribution in [2.24, 2.45) is 13.0 Å². The van der Waals surface area contributed by atoms with Crippen LogP contribution in [0.1, 0.15) is 30.6 Å². The lowest BCUT2D eigenvalue weighted by atomic mass is 9.97. The van der Waals surface area contributed by atoms with Crippen LogP contribution in [0.2, 0.25) is 0 Å². The molecule has 1 aliphatic heterocycles. The molecule has 2 atom stereocenters. The molecular weight excluding hydrogens is 266 g/mol. The van der Waals surface area contributed by atoms with Crippen molar-refractivity contribution < 1.29 is 4.74 Å². The van der Waals surface area contributed by atoms with Gasteiger partial charge in [-0.3, -0.25) is 9.36 Å². The molecule has 0 bridgehead atoms. The van der Waals surface area contributed by atoms with E-state index in [1.807, 2.05) is 35.0 Å². The number of aryl methyl sites for hydroxylation is 2. The van der Waals surface area contributed by atoms with E-state index in [9.17, 15) is 0 Å². The molecule has 0 aliphatic carbocycles. The van der Waals surface area contributed by atoms with Crippen molar-refractivity contribution in [2.75, 3.05) is 13.2 Å². The molecule has 3 heterocycles. The van der Waals surface area contributed by atoms with Crippen molar-refractivity contribution in [1.29, 1.82) is 0 Å². The van der Waals surface area contributed by atoms with Gasteiger partial charge in [-0.2, -0.15) is 10.2 Å². The van der Waals surface area contributed by atoms with Crippen LogP contribution in [-0.4, -0.2) is 32.7 Å². The van der Waals surface area contributed by atoms with Crippen LogP contribution in [0.5, 0.6) is 0 Å². The van der Waals surface area contributed by atoms with Crippen LogP contribution < -0.4 is 5.32 Å². The predicted octanol–water partition coefficient (Wildman–Crippen LogP) is 1.50. The van der Waals surface area contributed by atoms with Gasteiger partial charge in [0.25, 0.3) is 0 Å². The summed E-state index contributed by atoms with van der Waals surface area (Å²) < 4.78 is 9.69. The standard InChI is InChI=1S/C15H23N5O/c1-3-20-11-14(9-18-20)15-13(4-5-21-15)8-16-6-12-7-17-19(2)10-12/h7,9-11,13,15-16H,3-6,8H2,1-2H3/t13-,15-/m1/s1. The fourth-order valence-corrected chi connectivity index (χ4v) is 2.88. The minimum atomic E-state index is 0.173. The van der Waals surface area contributed by atoms with Gasteiger partial charge in [0.15, 0.2) is 0 Å². The maximum atomic E-state index is 5.91. The van der Waals surface area contributed by atoms with Gasteiger partial charge >= 0.3 is 0 Å². The topological polar surface area (TPSA) is 56.9 Å². The van der Waals surface area contributed by atoms with Crippen molar-refractivity contribution in [3.05, 3.63) is 35.9 Å². The molecule has 0 amide bonds. The lowest BCUT2D eigenvalue weighted by Gasteiger charge is -2.17. The monoisotopic (exact) mass is 289 g/mol. The van der Waals surface area contributed by atoms with Crippen LogP contribution >= 0.6 is 0 Å². The number of hydrogen-bond donors (Lipinski definition) is 1. The Morgan fingerprint density at radius 2 is 2.24 bits per heavy atom. The fourth-order valence-electron chi connectivity index (χ4n) is 2.88. The molecule has 114 valence electrons. The zero-order chi connectivity index (χ0) is 14.7. The first-order valence-corrected chi connectivity index (χ1v) is 7.58. The Labute approximate surface area is 125 Å². The number of nitrogens with zero attached hydrogens (tertiary/aromatic N) is 4. The molecule has 1 fully saturated rings. The lowest BCUT2D eigenvalue weighted by Crippen LogP contribution is -2.24. The van der Waals surface area contributed by atoms with Crippen LogP contribution in [0.15, 0.2) is 24.8 Å². The zero-order valence-corrected chi connectivity index (χ0v) is 12.7. The second kappa shape index (κ2) is 6.41. The molecule has 21 heavy (non-hydrogen) atoms. The summed E-state index contributed by atoms with van der Waals surface area (Å²) in [6.45, 7) is 5.64. The van der Waals surface area contributed by atoms with E-state index in [2.05, 4.69) is 28.6 Å². The fraction of sp³-hybridized carbons (Fsp3) is 0.600. The van der Waals surface area contributed by atoms with Crippen molar-refractivity contribution in [2.45, 2.75) is 32.5 Å². The van der Waals surface area contributed by atoms with Crippen LogP contribution in [0.3, 0.4) is 0 Å². The smallest absolute Gasteiger partial charge is 0.0896 e. The molecule has 1 N–H and O–H groups in total. The van der Waals surface area contributed by atoms with E-state index >= 15 is 0 Å². The first-order valence-electron chi connectivity index (χ1n) is 7.58. The molecule has 2 aromatic rings. The normalized spacial score (nSPS) is 22.0.